The van der Waals surface area contributed by atoms with Gasteiger partial charge in [-0.15, -0.1) is 0 Å². The summed E-state index contributed by atoms with van der Waals surface area (Å²) in [5.41, 5.74) is 0.471. The van der Waals surface area contributed by atoms with E-state index in [0.717, 1.165) is 0 Å². The third kappa shape index (κ3) is 4.72. The summed E-state index contributed by atoms with van der Waals surface area (Å²) in [5, 5.41) is 0.579. The van der Waals surface area contributed by atoms with E-state index in [1.54, 1.807) is 30.3 Å². The molecule has 0 aliphatic rings. The Morgan fingerprint density at radius 2 is 1.74 bits per heavy atom. The van der Waals surface area contributed by atoms with Gasteiger partial charge in [0.25, 0.3) is 0 Å². The topological polar surface area (TPSA) is 61.8 Å². The summed E-state index contributed by atoms with van der Waals surface area (Å²) >= 11 is 5.76. The summed E-state index contributed by atoms with van der Waals surface area (Å²) in [7, 11) is 1.43. The molecule has 0 saturated heterocycles. The van der Waals surface area contributed by atoms with Gasteiger partial charge in [0.1, 0.15) is 5.75 Å². The molecule has 0 atom stereocenters. The molecule has 120 valence electrons. The van der Waals surface area contributed by atoms with Gasteiger partial charge in [0.05, 0.1) is 7.11 Å². The van der Waals surface area contributed by atoms with Crippen molar-refractivity contribution in [3.63, 3.8) is 0 Å². The molecule has 5 nitrogen and oxygen atoms in total. The molecule has 6 heteroatoms. The maximum atomic E-state index is 11.8. The van der Waals surface area contributed by atoms with Gasteiger partial charge in [-0.25, -0.2) is 4.79 Å². The van der Waals surface area contributed by atoms with Crippen molar-refractivity contribution in [2.24, 2.45) is 0 Å². The highest BCUT2D eigenvalue weighted by Gasteiger charge is 2.13. The van der Waals surface area contributed by atoms with Crippen molar-refractivity contribution in [3.8, 4) is 17.2 Å². The lowest BCUT2D eigenvalue weighted by molar-refractivity contribution is -0.136. The Labute approximate surface area is 138 Å². The molecule has 0 spiro atoms. The molecule has 0 heterocycles. The Morgan fingerprint density at radius 1 is 1.04 bits per heavy atom. The first-order valence-electron chi connectivity index (χ1n) is 6.77. The SMILES string of the molecule is COc1cc(C(C)=O)ccc1OC(=O)COc1ccc(Cl)cc1. The molecular weight excluding hydrogens is 320 g/mol. The van der Waals surface area contributed by atoms with Crippen LogP contribution in [0.15, 0.2) is 42.5 Å². The lowest BCUT2D eigenvalue weighted by Gasteiger charge is -2.11. The van der Waals surface area contributed by atoms with Gasteiger partial charge >= 0.3 is 5.97 Å². The first-order chi connectivity index (χ1) is 11.0. The Morgan fingerprint density at radius 3 is 2.35 bits per heavy atom. The Kier molecular flexibility index (Phi) is 5.60. The first-order valence-corrected chi connectivity index (χ1v) is 7.15. The van der Waals surface area contributed by atoms with Crippen molar-refractivity contribution in [2.75, 3.05) is 13.7 Å². The summed E-state index contributed by atoms with van der Waals surface area (Å²) in [4.78, 5) is 23.2. The van der Waals surface area contributed by atoms with E-state index in [0.29, 0.717) is 22.1 Å². The lowest BCUT2D eigenvalue weighted by Crippen LogP contribution is -2.18. The summed E-state index contributed by atoms with van der Waals surface area (Å²) in [5.74, 6) is 0.339. The molecule has 0 fully saturated rings. The number of esters is 1. The number of benzene rings is 2. The van der Waals surface area contributed by atoms with Crippen molar-refractivity contribution in [2.45, 2.75) is 6.92 Å². The van der Waals surface area contributed by atoms with Crippen LogP contribution in [0.4, 0.5) is 0 Å². The standard InChI is InChI=1S/C17H15ClO5/c1-11(19)12-3-8-15(16(9-12)21-2)23-17(20)10-22-14-6-4-13(18)5-7-14/h3-9H,10H2,1-2H3. The fourth-order valence-corrected chi connectivity index (χ4v) is 1.92. The number of hydrogen-bond donors (Lipinski definition) is 0. The van der Waals surface area contributed by atoms with Gasteiger partial charge in [-0.3, -0.25) is 4.79 Å². The molecule has 0 aromatic heterocycles. The van der Waals surface area contributed by atoms with Gasteiger partial charge in [-0.05, 0) is 49.4 Å². The molecule has 0 bridgehead atoms. The number of rotatable bonds is 6. The second-order valence-electron chi connectivity index (χ2n) is 4.64. The van der Waals surface area contributed by atoms with Crippen molar-refractivity contribution >= 4 is 23.4 Å². The van der Waals surface area contributed by atoms with Crippen LogP contribution in [0, 0.1) is 0 Å². The van der Waals surface area contributed by atoms with Crippen LogP contribution in [0.25, 0.3) is 0 Å². The van der Waals surface area contributed by atoms with Crippen LogP contribution < -0.4 is 14.2 Å². The van der Waals surface area contributed by atoms with Crippen LogP contribution in [0.2, 0.25) is 5.02 Å². The highest BCUT2D eigenvalue weighted by Crippen LogP contribution is 2.28. The number of carbonyl (C=O) groups excluding carboxylic acids is 2. The number of Topliss-reactive ketones (excluding diaryl/α,β-unsaturated/α-hetero) is 1. The maximum absolute atomic E-state index is 11.8. The predicted octanol–water partition coefficient (Wildman–Crippen LogP) is 3.54. The zero-order valence-electron chi connectivity index (χ0n) is 12.7. The normalized spacial score (nSPS) is 10.0. The molecule has 0 saturated carbocycles. The molecule has 0 aliphatic carbocycles. The Balaban J connectivity index is 1.99. The van der Waals surface area contributed by atoms with Crippen LogP contribution in [-0.2, 0) is 4.79 Å². The number of ketones is 1. The largest absolute Gasteiger partial charge is 0.493 e. The first kappa shape index (κ1) is 16.8. The van der Waals surface area contributed by atoms with Gasteiger partial charge in [0, 0.05) is 10.6 Å². The van der Waals surface area contributed by atoms with Gasteiger partial charge in [0.2, 0.25) is 0 Å². The van der Waals surface area contributed by atoms with Crippen molar-refractivity contribution in [1.82, 2.24) is 0 Å². The van der Waals surface area contributed by atoms with Crippen LogP contribution in [-0.4, -0.2) is 25.5 Å². The Bertz CT molecular complexity index is 709. The van der Waals surface area contributed by atoms with E-state index in [-0.39, 0.29) is 18.1 Å². The van der Waals surface area contributed by atoms with Crippen LogP contribution >= 0.6 is 11.6 Å². The van der Waals surface area contributed by atoms with Crippen LogP contribution in [0.3, 0.4) is 0 Å². The summed E-state index contributed by atoms with van der Waals surface area (Å²) in [6.45, 7) is 1.18. The molecular formula is C17H15ClO5. The van der Waals surface area contributed by atoms with Gasteiger partial charge in [0.15, 0.2) is 23.9 Å². The molecule has 2 rings (SSSR count). The molecule has 2 aromatic rings. The monoisotopic (exact) mass is 334 g/mol. The third-order valence-corrected chi connectivity index (χ3v) is 3.22. The molecule has 0 aliphatic heterocycles. The van der Waals surface area contributed by atoms with Gasteiger partial charge in [-0.1, -0.05) is 11.6 Å². The number of halogens is 1. The molecule has 0 N–H and O–H groups in total. The minimum Gasteiger partial charge on any atom is -0.493 e. The average Bonchev–Trinajstić information content (AvgIpc) is 2.54. The van der Waals surface area contributed by atoms with E-state index < -0.39 is 5.97 Å². The fraction of sp³-hybridized carbons (Fsp3) is 0.176. The number of methoxy groups -OCH3 is 1. The number of carbonyl (C=O) groups is 2. The van der Waals surface area contributed by atoms with Crippen molar-refractivity contribution < 1.29 is 23.8 Å². The highest BCUT2D eigenvalue weighted by atomic mass is 35.5. The smallest absolute Gasteiger partial charge is 0.349 e. The molecule has 23 heavy (non-hydrogen) atoms. The zero-order valence-corrected chi connectivity index (χ0v) is 13.4. The molecule has 0 unspecified atom stereocenters. The lowest BCUT2D eigenvalue weighted by atomic mass is 10.1. The minimum atomic E-state index is -0.589. The zero-order chi connectivity index (χ0) is 16.8. The van der Waals surface area contributed by atoms with E-state index >= 15 is 0 Å². The van der Waals surface area contributed by atoms with E-state index in [2.05, 4.69) is 0 Å². The van der Waals surface area contributed by atoms with Crippen molar-refractivity contribution in [3.05, 3.63) is 53.1 Å². The highest BCUT2D eigenvalue weighted by molar-refractivity contribution is 6.30. The summed E-state index contributed by atoms with van der Waals surface area (Å²) in [6.07, 6.45) is 0. The molecule has 0 amide bonds. The van der Waals surface area contributed by atoms with Crippen LogP contribution in [0.1, 0.15) is 17.3 Å². The molecule has 0 radical (unpaired) electrons. The molecule has 2 aromatic carbocycles. The third-order valence-electron chi connectivity index (χ3n) is 2.96. The van der Waals surface area contributed by atoms with E-state index in [1.165, 1.54) is 26.2 Å². The quantitative estimate of drug-likeness (QED) is 0.459. The second kappa shape index (κ2) is 7.65. The van der Waals surface area contributed by atoms with Gasteiger partial charge < -0.3 is 14.2 Å². The second-order valence-corrected chi connectivity index (χ2v) is 5.07. The number of ether oxygens (including phenoxy) is 3. The van der Waals surface area contributed by atoms with E-state index in [1.807, 2.05) is 0 Å². The minimum absolute atomic E-state index is 0.104. The summed E-state index contributed by atoms with van der Waals surface area (Å²) in [6, 6.07) is 11.2. The predicted molar refractivity (Wildman–Crippen MR) is 85.6 cm³/mol. The average molecular weight is 335 g/mol. The van der Waals surface area contributed by atoms with Gasteiger partial charge in [-0.2, -0.15) is 0 Å². The van der Waals surface area contributed by atoms with E-state index in [4.69, 9.17) is 25.8 Å². The maximum Gasteiger partial charge on any atom is 0.349 e. The fourth-order valence-electron chi connectivity index (χ4n) is 1.80. The number of hydrogen-bond acceptors (Lipinski definition) is 5. The van der Waals surface area contributed by atoms with Crippen molar-refractivity contribution in [1.29, 1.82) is 0 Å². The van der Waals surface area contributed by atoms with E-state index in [9.17, 15) is 9.59 Å². The summed E-state index contributed by atoms with van der Waals surface area (Å²) < 4.78 is 15.6. The Hall–Kier alpha value is -2.53. The van der Waals surface area contributed by atoms with Crippen LogP contribution in [0.5, 0.6) is 17.2 Å².